The van der Waals surface area contributed by atoms with Crippen molar-refractivity contribution >= 4 is 11.9 Å². The van der Waals surface area contributed by atoms with Crippen LogP contribution in [0.5, 0.6) is 0 Å². The van der Waals surface area contributed by atoms with Gasteiger partial charge in [-0.25, -0.2) is 4.79 Å². The van der Waals surface area contributed by atoms with Gasteiger partial charge in [-0.2, -0.15) is 4.98 Å². The minimum atomic E-state index is -1.34. The second-order valence-electron chi connectivity index (χ2n) is 7.02. The van der Waals surface area contributed by atoms with Crippen LogP contribution in [0.3, 0.4) is 0 Å². The standard InChI is InChI=1S/C18H22N4O5/c1-10(2)22-8-13(15(23)14(9-22)18(25)26)17(24)21-6-4-5-12(7-21)16-19-11(3)27-20-16/h8-10,12H,4-7H2,1-3H3,(H,25,26)/t12-/m0/s1. The first-order chi connectivity index (χ1) is 12.8. The van der Waals surface area contributed by atoms with Crippen molar-refractivity contribution in [2.24, 2.45) is 0 Å². The van der Waals surface area contributed by atoms with E-state index in [-0.39, 0.29) is 17.5 Å². The smallest absolute Gasteiger partial charge is 0.341 e. The van der Waals surface area contributed by atoms with Crippen LogP contribution in [0, 0.1) is 6.92 Å². The fourth-order valence-corrected chi connectivity index (χ4v) is 3.22. The normalized spacial score (nSPS) is 17.3. The number of hydrogen-bond donors (Lipinski definition) is 1. The maximum Gasteiger partial charge on any atom is 0.341 e. The lowest BCUT2D eigenvalue weighted by Gasteiger charge is -2.31. The van der Waals surface area contributed by atoms with Crippen molar-refractivity contribution in [2.45, 2.75) is 45.6 Å². The molecule has 27 heavy (non-hydrogen) atoms. The molecule has 0 aromatic carbocycles. The van der Waals surface area contributed by atoms with Gasteiger partial charge in [0.15, 0.2) is 5.82 Å². The Morgan fingerprint density at radius 3 is 2.59 bits per heavy atom. The van der Waals surface area contributed by atoms with Gasteiger partial charge >= 0.3 is 5.97 Å². The van der Waals surface area contributed by atoms with Gasteiger partial charge in [-0.15, -0.1) is 0 Å². The molecule has 9 nitrogen and oxygen atoms in total. The molecule has 1 N–H and O–H groups in total. The third kappa shape index (κ3) is 3.76. The molecule has 0 bridgehead atoms. The van der Waals surface area contributed by atoms with Gasteiger partial charge < -0.3 is 19.1 Å². The van der Waals surface area contributed by atoms with E-state index in [2.05, 4.69) is 10.1 Å². The Labute approximate surface area is 155 Å². The lowest BCUT2D eigenvalue weighted by molar-refractivity contribution is 0.0693. The van der Waals surface area contributed by atoms with Crippen LogP contribution in [0.25, 0.3) is 0 Å². The number of nitrogens with zero attached hydrogens (tertiary/aromatic N) is 4. The third-order valence-corrected chi connectivity index (χ3v) is 4.72. The van der Waals surface area contributed by atoms with Gasteiger partial charge in [0.2, 0.25) is 11.3 Å². The fraction of sp³-hybridized carbons (Fsp3) is 0.500. The summed E-state index contributed by atoms with van der Waals surface area (Å²) in [5, 5.41) is 13.2. The highest BCUT2D eigenvalue weighted by atomic mass is 16.5. The number of carbonyl (C=O) groups is 2. The van der Waals surface area contributed by atoms with Crippen molar-refractivity contribution in [3.8, 4) is 0 Å². The second kappa shape index (κ2) is 7.34. The largest absolute Gasteiger partial charge is 0.477 e. The van der Waals surface area contributed by atoms with Crippen LogP contribution in [0.15, 0.2) is 21.7 Å². The second-order valence-corrected chi connectivity index (χ2v) is 7.02. The first-order valence-electron chi connectivity index (χ1n) is 8.86. The highest BCUT2D eigenvalue weighted by Crippen LogP contribution is 2.25. The SMILES string of the molecule is Cc1nc([C@H]2CCCN(C(=O)c3cn(C(C)C)cc(C(=O)O)c3=O)C2)no1. The average Bonchev–Trinajstić information content (AvgIpc) is 3.07. The van der Waals surface area contributed by atoms with Crippen LogP contribution < -0.4 is 5.43 Å². The maximum atomic E-state index is 13.0. The first-order valence-corrected chi connectivity index (χ1v) is 8.86. The molecule has 1 atom stereocenters. The summed E-state index contributed by atoms with van der Waals surface area (Å²) < 4.78 is 6.59. The zero-order valence-corrected chi connectivity index (χ0v) is 15.5. The third-order valence-electron chi connectivity index (χ3n) is 4.72. The Balaban J connectivity index is 1.92. The molecular formula is C18H22N4O5. The molecule has 0 saturated carbocycles. The fourth-order valence-electron chi connectivity index (χ4n) is 3.22. The summed E-state index contributed by atoms with van der Waals surface area (Å²) in [5.74, 6) is -0.883. The van der Waals surface area contributed by atoms with Gasteiger partial charge in [0.25, 0.3) is 5.91 Å². The molecule has 0 spiro atoms. The number of carbonyl (C=O) groups excluding carboxylic acids is 1. The molecule has 1 fully saturated rings. The summed E-state index contributed by atoms with van der Waals surface area (Å²) in [6.45, 7) is 6.24. The molecule has 1 saturated heterocycles. The molecule has 2 aromatic heterocycles. The van der Waals surface area contributed by atoms with Crippen LogP contribution in [-0.2, 0) is 0 Å². The van der Waals surface area contributed by atoms with Crippen molar-refractivity contribution < 1.29 is 19.2 Å². The van der Waals surface area contributed by atoms with Gasteiger partial charge in [0.05, 0.1) is 0 Å². The minimum Gasteiger partial charge on any atom is -0.477 e. The monoisotopic (exact) mass is 374 g/mol. The number of likely N-dealkylation sites (tertiary alicyclic amines) is 1. The number of hydrogen-bond acceptors (Lipinski definition) is 6. The zero-order valence-electron chi connectivity index (χ0n) is 15.5. The summed E-state index contributed by atoms with van der Waals surface area (Å²) >= 11 is 0. The molecule has 0 aliphatic carbocycles. The summed E-state index contributed by atoms with van der Waals surface area (Å²) in [7, 11) is 0. The van der Waals surface area contributed by atoms with Gasteiger partial charge in [-0.05, 0) is 26.7 Å². The van der Waals surface area contributed by atoms with Gasteiger partial charge in [0, 0.05) is 44.4 Å². The highest BCUT2D eigenvalue weighted by molar-refractivity contribution is 5.97. The van der Waals surface area contributed by atoms with E-state index in [1.807, 2.05) is 13.8 Å². The van der Waals surface area contributed by atoms with Crippen LogP contribution in [0.4, 0.5) is 0 Å². The number of carboxylic acid groups (broad SMARTS) is 1. The summed E-state index contributed by atoms with van der Waals surface area (Å²) in [4.78, 5) is 42.8. The van der Waals surface area contributed by atoms with E-state index in [4.69, 9.17) is 4.52 Å². The molecule has 1 aliphatic rings. The van der Waals surface area contributed by atoms with Crippen molar-refractivity contribution in [3.63, 3.8) is 0 Å². The van der Waals surface area contributed by atoms with E-state index >= 15 is 0 Å². The predicted molar refractivity (Wildman–Crippen MR) is 95.0 cm³/mol. The van der Waals surface area contributed by atoms with E-state index in [1.54, 1.807) is 16.4 Å². The van der Waals surface area contributed by atoms with E-state index in [1.165, 1.54) is 12.4 Å². The maximum absolute atomic E-state index is 13.0. The number of aryl methyl sites for hydroxylation is 1. The topological polar surface area (TPSA) is 119 Å². The van der Waals surface area contributed by atoms with Gasteiger partial charge in [-0.1, -0.05) is 5.16 Å². The van der Waals surface area contributed by atoms with E-state index in [0.717, 1.165) is 12.8 Å². The lowest BCUT2D eigenvalue weighted by atomic mass is 9.96. The van der Waals surface area contributed by atoms with Crippen LogP contribution >= 0.6 is 0 Å². The van der Waals surface area contributed by atoms with Crippen LogP contribution in [0.1, 0.15) is 71.1 Å². The number of carboxylic acids is 1. The minimum absolute atomic E-state index is 0.0740. The summed E-state index contributed by atoms with van der Waals surface area (Å²) in [5.41, 5.74) is -1.30. The van der Waals surface area contributed by atoms with Crippen LogP contribution in [-0.4, -0.2) is 49.7 Å². The molecule has 1 aliphatic heterocycles. The number of aromatic nitrogens is 3. The van der Waals surface area contributed by atoms with Gasteiger partial charge in [-0.3, -0.25) is 9.59 Å². The number of aromatic carboxylic acids is 1. The van der Waals surface area contributed by atoms with Crippen molar-refractivity contribution in [1.29, 1.82) is 0 Å². The number of piperidine rings is 1. The van der Waals surface area contributed by atoms with E-state index in [9.17, 15) is 19.5 Å². The summed E-state index contributed by atoms with van der Waals surface area (Å²) in [6, 6.07) is -0.0911. The molecule has 9 heteroatoms. The Kier molecular flexibility index (Phi) is 5.11. The zero-order chi connectivity index (χ0) is 19.7. The number of rotatable bonds is 4. The summed E-state index contributed by atoms with van der Waals surface area (Å²) in [6.07, 6.45) is 4.26. The van der Waals surface area contributed by atoms with E-state index in [0.29, 0.717) is 24.8 Å². The molecule has 1 amide bonds. The Morgan fingerprint density at radius 2 is 2.00 bits per heavy atom. The molecule has 2 aromatic rings. The van der Waals surface area contributed by atoms with Crippen molar-refractivity contribution in [3.05, 3.63) is 45.5 Å². The van der Waals surface area contributed by atoms with E-state index < -0.39 is 22.9 Å². The quantitative estimate of drug-likeness (QED) is 0.867. The highest BCUT2D eigenvalue weighted by Gasteiger charge is 2.30. The lowest BCUT2D eigenvalue weighted by Crippen LogP contribution is -2.42. The molecule has 3 heterocycles. The van der Waals surface area contributed by atoms with Crippen molar-refractivity contribution in [1.82, 2.24) is 19.6 Å². The van der Waals surface area contributed by atoms with Crippen molar-refractivity contribution in [2.75, 3.05) is 13.1 Å². The average molecular weight is 374 g/mol. The Bertz CT molecular complexity index is 930. The molecule has 0 unspecified atom stereocenters. The van der Waals surface area contributed by atoms with Crippen LogP contribution in [0.2, 0.25) is 0 Å². The van der Waals surface area contributed by atoms with Gasteiger partial charge in [0.1, 0.15) is 11.1 Å². The number of pyridine rings is 1. The molecular weight excluding hydrogens is 352 g/mol. The molecule has 0 radical (unpaired) electrons. The Morgan fingerprint density at radius 1 is 1.30 bits per heavy atom. The predicted octanol–water partition coefficient (Wildman–Crippen LogP) is 1.84. The first kappa shape index (κ1) is 18.8. The molecule has 3 rings (SSSR count). The number of amides is 1. The molecule has 144 valence electrons. The Hall–Kier alpha value is -2.97.